The second-order valence-corrected chi connectivity index (χ2v) is 4.18. The predicted molar refractivity (Wildman–Crippen MR) is 70.7 cm³/mol. The van der Waals surface area contributed by atoms with Gasteiger partial charge < -0.3 is 21.1 Å². The van der Waals surface area contributed by atoms with Crippen molar-refractivity contribution in [1.82, 2.24) is 4.57 Å². The Bertz CT molecular complexity index is 575. The molecule has 0 unspecified atom stereocenters. The van der Waals surface area contributed by atoms with E-state index >= 15 is 0 Å². The molecule has 2 aromatic rings. The van der Waals surface area contributed by atoms with Crippen LogP contribution in [0.15, 0.2) is 24.4 Å². The summed E-state index contributed by atoms with van der Waals surface area (Å²) in [6.45, 7) is 1.68. The van der Waals surface area contributed by atoms with Crippen molar-refractivity contribution >= 4 is 16.9 Å². The number of carboxylic acids is 1. The number of fused-ring (bicyclic) bond motifs is 1. The van der Waals surface area contributed by atoms with Crippen LogP contribution in [0.1, 0.15) is 15.9 Å². The van der Waals surface area contributed by atoms with Crippen molar-refractivity contribution in [2.45, 2.75) is 13.0 Å². The van der Waals surface area contributed by atoms with E-state index < -0.39 is 5.97 Å². The van der Waals surface area contributed by atoms with Gasteiger partial charge in [-0.15, -0.1) is 0 Å². The van der Waals surface area contributed by atoms with E-state index in [1.54, 1.807) is 12.1 Å². The third-order valence-electron chi connectivity index (χ3n) is 3.00. The van der Waals surface area contributed by atoms with E-state index in [1.165, 1.54) is 0 Å². The first-order valence-electron chi connectivity index (χ1n) is 5.93. The Morgan fingerprint density at radius 1 is 1.28 bits per heavy atom. The lowest BCUT2D eigenvalue weighted by molar-refractivity contribution is 0.0699. The van der Waals surface area contributed by atoms with E-state index in [4.69, 9.17) is 11.5 Å². The normalized spacial score (nSPS) is 11.0. The van der Waals surface area contributed by atoms with Crippen LogP contribution in [0.2, 0.25) is 0 Å². The van der Waals surface area contributed by atoms with E-state index in [0.717, 1.165) is 16.5 Å². The largest absolute Gasteiger partial charge is 0.478 e. The highest BCUT2D eigenvalue weighted by molar-refractivity contribution is 6.04. The summed E-state index contributed by atoms with van der Waals surface area (Å²) in [4.78, 5) is 11.3. The molecule has 0 aliphatic carbocycles. The van der Waals surface area contributed by atoms with Crippen molar-refractivity contribution in [1.29, 1.82) is 0 Å². The van der Waals surface area contributed by atoms with Crippen LogP contribution < -0.4 is 11.5 Å². The van der Waals surface area contributed by atoms with Gasteiger partial charge in [-0.25, -0.2) is 4.79 Å². The minimum atomic E-state index is -0.913. The molecule has 96 valence electrons. The summed E-state index contributed by atoms with van der Waals surface area (Å²) in [5.41, 5.74) is 13.4. The molecule has 0 radical (unpaired) electrons. The molecule has 0 bridgehead atoms. The Kier molecular flexibility index (Phi) is 3.64. The van der Waals surface area contributed by atoms with E-state index in [2.05, 4.69) is 0 Å². The van der Waals surface area contributed by atoms with Crippen molar-refractivity contribution in [3.8, 4) is 0 Å². The van der Waals surface area contributed by atoms with E-state index in [9.17, 15) is 9.90 Å². The number of hydrogen-bond acceptors (Lipinski definition) is 3. The maximum absolute atomic E-state index is 11.3. The molecule has 0 saturated carbocycles. The van der Waals surface area contributed by atoms with Gasteiger partial charge in [0.1, 0.15) is 0 Å². The molecule has 1 aromatic heterocycles. The van der Waals surface area contributed by atoms with Gasteiger partial charge >= 0.3 is 5.97 Å². The quantitative estimate of drug-likeness (QED) is 0.728. The number of rotatable bonds is 5. The standard InChI is InChI=1S/C13H17N3O2/c14-5-4-9-8-16(7-6-15)11-3-1-2-10(12(9)11)13(17)18/h1-3,8H,4-7,14-15H2,(H,17,18). The van der Waals surface area contributed by atoms with Crippen molar-refractivity contribution in [3.05, 3.63) is 35.5 Å². The number of benzene rings is 1. The zero-order valence-electron chi connectivity index (χ0n) is 10.1. The Hall–Kier alpha value is -1.85. The highest BCUT2D eigenvalue weighted by atomic mass is 16.4. The van der Waals surface area contributed by atoms with Crippen LogP contribution >= 0.6 is 0 Å². The van der Waals surface area contributed by atoms with Crippen molar-refractivity contribution in [2.75, 3.05) is 13.1 Å². The fourth-order valence-electron chi connectivity index (χ4n) is 2.29. The van der Waals surface area contributed by atoms with Crippen LogP contribution in [0.3, 0.4) is 0 Å². The third-order valence-corrected chi connectivity index (χ3v) is 3.00. The number of carboxylic acid groups (broad SMARTS) is 1. The molecule has 5 nitrogen and oxygen atoms in total. The second-order valence-electron chi connectivity index (χ2n) is 4.18. The zero-order chi connectivity index (χ0) is 13.1. The molecule has 0 aliphatic rings. The van der Waals surface area contributed by atoms with Gasteiger partial charge in [0.15, 0.2) is 0 Å². The van der Waals surface area contributed by atoms with Crippen LogP contribution in [0.25, 0.3) is 10.9 Å². The van der Waals surface area contributed by atoms with Crippen LogP contribution in [-0.2, 0) is 13.0 Å². The molecular formula is C13H17N3O2. The van der Waals surface area contributed by atoms with Crippen molar-refractivity contribution in [2.24, 2.45) is 11.5 Å². The number of carbonyl (C=O) groups is 1. The Morgan fingerprint density at radius 2 is 2.06 bits per heavy atom. The Morgan fingerprint density at radius 3 is 2.67 bits per heavy atom. The predicted octanol–water partition coefficient (Wildman–Crippen LogP) is 0.799. The molecule has 1 heterocycles. The Labute approximate surface area is 105 Å². The molecule has 0 saturated heterocycles. The maximum Gasteiger partial charge on any atom is 0.336 e. The monoisotopic (exact) mass is 247 g/mol. The van der Waals surface area contributed by atoms with Gasteiger partial charge in [0.25, 0.3) is 0 Å². The van der Waals surface area contributed by atoms with Gasteiger partial charge in [-0.2, -0.15) is 0 Å². The van der Waals surface area contributed by atoms with Gasteiger partial charge in [-0.05, 0) is 30.7 Å². The smallest absolute Gasteiger partial charge is 0.336 e. The molecule has 5 N–H and O–H groups in total. The minimum absolute atomic E-state index is 0.326. The summed E-state index contributed by atoms with van der Waals surface area (Å²) in [5.74, 6) is -0.913. The minimum Gasteiger partial charge on any atom is -0.478 e. The SMILES string of the molecule is NCCc1cn(CCN)c2cccc(C(=O)O)c12. The lowest BCUT2D eigenvalue weighted by Crippen LogP contribution is -2.08. The number of hydrogen-bond donors (Lipinski definition) is 3. The summed E-state index contributed by atoms with van der Waals surface area (Å²) in [5, 5.41) is 10.0. The molecule has 2 rings (SSSR count). The number of nitrogens with two attached hydrogens (primary N) is 2. The highest BCUT2D eigenvalue weighted by Gasteiger charge is 2.15. The molecule has 0 atom stereocenters. The summed E-state index contributed by atoms with van der Waals surface area (Å²) in [7, 11) is 0. The van der Waals surface area contributed by atoms with Crippen molar-refractivity contribution < 1.29 is 9.90 Å². The first-order chi connectivity index (χ1) is 8.69. The molecular weight excluding hydrogens is 230 g/mol. The van der Waals surface area contributed by atoms with Crippen molar-refractivity contribution in [3.63, 3.8) is 0 Å². The first kappa shape index (κ1) is 12.6. The second kappa shape index (κ2) is 5.20. The topological polar surface area (TPSA) is 94.3 Å². The fraction of sp³-hybridized carbons (Fsp3) is 0.308. The Balaban J connectivity index is 2.70. The molecule has 0 spiro atoms. The molecule has 18 heavy (non-hydrogen) atoms. The number of aromatic nitrogens is 1. The molecule has 1 aromatic carbocycles. The van der Waals surface area contributed by atoms with Gasteiger partial charge in [-0.3, -0.25) is 0 Å². The molecule has 0 fully saturated rings. The lowest BCUT2D eigenvalue weighted by Gasteiger charge is -2.03. The van der Waals surface area contributed by atoms with Gasteiger partial charge in [0.05, 0.1) is 5.56 Å². The molecule has 0 amide bonds. The average molecular weight is 247 g/mol. The summed E-state index contributed by atoms with van der Waals surface area (Å²) in [6, 6.07) is 5.29. The van der Waals surface area contributed by atoms with E-state index in [-0.39, 0.29) is 0 Å². The molecule has 5 heteroatoms. The van der Waals surface area contributed by atoms with Gasteiger partial charge in [0, 0.05) is 30.2 Å². The van der Waals surface area contributed by atoms with Gasteiger partial charge in [0.2, 0.25) is 0 Å². The summed E-state index contributed by atoms with van der Waals surface area (Å²) in [6.07, 6.45) is 2.62. The number of aromatic carboxylic acids is 1. The third kappa shape index (κ3) is 2.10. The average Bonchev–Trinajstić information content (AvgIpc) is 2.69. The van der Waals surface area contributed by atoms with Crippen LogP contribution in [0.5, 0.6) is 0 Å². The van der Waals surface area contributed by atoms with Crippen LogP contribution in [-0.4, -0.2) is 28.7 Å². The van der Waals surface area contributed by atoms with E-state index in [0.29, 0.717) is 31.6 Å². The lowest BCUT2D eigenvalue weighted by atomic mass is 10.0. The molecule has 0 aliphatic heterocycles. The fourth-order valence-corrected chi connectivity index (χ4v) is 2.29. The van der Waals surface area contributed by atoms with Gasteiger partial charge in [-0.1, -0.05) is 6.07 Å². The summed E-state index contributed by atoms with van der Waals surface area (Å²) < 4.78 is 1.99. The zero-order valence-corrected chi connectivity index (χ0v) is 10.1. The highest BCUT2D eigenvalue weighted by Crippen LogP contribution is 2.25. The summed E-state index contributed by atoms with van der Waals surface area (Å²) >= 11 is 0. The first-order valence-corrected chi connectivity index (χ1v) is 5.93. The van der Waals surface area contributed by atoms with Crippen LogP contribution in [0.4, 0.5) is 0 Å². The maximum atomic E-state index is 11.3. The number of nitrogens with zero attached hydrogens (tertiary/aromatic N) is 1. The van der Waals surface area contributed by atoms with Crippen LogP contribution in [0, 0.1) is 0 Å². The van der Waals surface area contributed by atoms with E-state index in [1.807, 2.05) is 16.8 Å².